The molecule has 0 saturated carbocycles. The first-order valence-electron chi connectivity index (χ1n) is 8.93. The average Bonchev–Trinajstić information content (AvgIpc) is 3.04. The minimum Gasteiger partial charge on any atom is -0.381 e. The number of hydrogen-bond acceptors (Lipinski definition) is 3. The van der Waals surface area contributed by atoms with E-state index in [9.17, 15) is 4.79 Å². The second-order valence-electron chi connectivity index (χ2n) is 6.68. The summed E-state index contributed by atoms with van der Waals surface area (Å²) in [7, 11) is 0. The number of ether oxygens (including phenoxy) is 2. The van der Waals surface area contributed by atoms with Crippen molar-refractivity contribution < 1.29 is 14.3 Å². The van der Waals surface area contributed by atoms with Crippen LogP contribution in [0.1, 0.15) is 52.4 Å². The molecule has 22 heavy (non-hydrogen) atoms. The molecule has 128 valence electrons. The summed E-state index contributed by atoms with van der Waals surface area (Å²) in [5.41, 5.74) is 0. The molecule has 2 heterocycles. The number of carbonyl (C=O) groups excluding carboxylic acids is 1. The van der Waals surface area contributed by atoms with E-state index < -0.39 is 0 Å². The lowest BCUT2D eigenvalue weighted by Crippen LogP contribution is -2.48. The zero-order valence-electron chi connectivity index (χ0n) is 14.2. The van der Waals surface area contributed by atoms with E-state index in [0.717, 1.165) is 52.2 Å². The van der Waals surface area contributed by atoms with E-state index in [-0.39, 0.29) is 12.1 Å². The molecule has 3 atom stereocenters. The summed E-state index contributed by atoms with van der Waals surface area (Å²) < 4.78 is 11.1. The second kappa shape index (κ2) is 9.36. The molecule has 0 aliphatic carbocycles. The Kier molecular flexibility index (Phi) is 7.46. The molecule has 0 bridgehead atoms. The number of urea groups is 1. The van der Waals surface area contributed by atoms with Crippen LogP contribution >= 0.6 is 0 Å². The van der Waals surface area contributed by atoms with Gasteiger partial charge in [-0.2, -0.15) is 0 Å². The monoisotopic (exact) mass is 312 g/mol. The highest BCUT2D eigenvalue weighted by atomic mass is 16.5. The molecule has 2 saturated heterocycles. The van der Waals surface area contributed by atoms with Crippen LogP contribution in [0.3, 0.4) is 0 Å². The molecule has 2 fully saturated rings. The molecule has 2 aliphatic heterocycles. The van der Waals surface area contributed by atoms with Gasteiger partial charge in [0.1, 0.15) is 0 Å². The summed E-state index contributed by atoms with van der Waals surface area (Å²) in [4.78, 5) is 14.3. The molecule has 2 aliphatic rings. The van der Waals surface area contributed by atoms with Crippen LogP contribution in [-0.2, 0) is 9.47 Å². The molecule has 1 N–H and O–H groups in total. The van der Waals surface area contributed by atoms with Gasteiger partial charge in [0.25, 0.3) is 0 Å². The largest absolute Gasteiger partial charge is 0.381 e. The van der Waals surface area contributed by atoms with E-state index in [1.54, 1.807) is 0 Å². The Labute approximate surface area is 134 Å². The number of piperidine rings is 1. The van der Waals surface area contributed by atoms with Gasteiger partial charge >= 0.3 is 6.03 Å². The lowest BCUT2D eigenvalue weighted by Gasteiger charge is -2.33. The molecule has 0 aromatic rings. The Bertz CT molecular complexity index is 332. The normalized spacial score (nSPS) is 26.9. The SMILES string of the molecule is CCOC[C@@H]1CCCN(C(=O)N[C@H](C)CC[C@@H]2CCCO2)C1. The van der Waals surface area contributed by atoms with E-state index in [1.165, 1.54) is 19.3 Å². The number of amides is 2. The summed E-state index contributed by atoms with van der Waals surface area (Å²) in [6, 6.07) is 0.296. The lowest BCUT2D eigenvalue weighted by atomic mass is 9.99. The highest BCUT2D eigenvalue weighted by Crippen LogP contribution is 2.19. The maximum atomic E-state index is 12.4. The minimum absolute atomic E-state index is 0.0843. The molecule has 2 rings (SSSR count). The van der Waals surface area contributed by atoms with Crippen LogP contribution in [0.2, 0.25) is 0 Å². The maximum Gasteiger partial charge on any atom is 0.317 e. The van der Waals surface area contributed by atoms with Crippen LogP contribution in [0.25, 0.3) is 0 Å². The average molecular weight is 312 g/mol. The lowest BCUT2D eigenvalue weighted by molar-refractivity contribution is 0.0747. The number of hydrogen-bond donors (Lipinski definition) is 1. The first-order valence-corrected chi connectivity index (χ1v) is 8.93. The number of likely N-dealkylation sites (tertiary alicyclic amines) is 1. The molecule has 0 spiro atoms. The first kappa shape index (κ1) is 17.5. The van der Waals surface area contributed by atoms with Gasteiger partial charge in [-0.1, -0.05) is 0 Å². The van der Waals surface area contributed by atoms with Gasteiger partial charge in [0.15, 0.2) is 0 Å². The van der Waals surface area contributed by atoms with Crippen LogP contribution in [-0.4, -0.2) is 56.0 Å². The highest BCUT2D eigenvalue weighted by molar-refractivity contribution is 5.74. The highest BCUT2D eigenvalue weighted by Gasteiger charge is 2.25. The maximum absolute atomic E-state index is 12.4. The van der Waals surface area contributed by atoms with Gasteiger partial charge in [-0.25, -0.2) is 4.79 Å². The quantitative estimate of drug-likeness (QED) is 0.786. The van der Waals surface area contributed by atoms with Crippen LogP contribution < -0.4 is 5.32 Å². The fourth-order valence-electron chi connectivity index (χ4n) is 3.35. The molecule has 5 heteroatoms. The zero-order chi connectivity index (χ0) is 15.8. The number of nitrogens with one attached hydrogen (secondary N) is 1. The van der Waals surface area contributed by atoms with Crippen LogP contribution in [0.5, 0.6) is 0 Å². The van der Waals surface area contributed by atoms with Crippen molar-refractivity contribution in [2.24, 2.45) is 5.92 Å². The van der Waals surface area contributed by atoms with Crippen molar-refractivity contribution in [3.05, 3.63) is 0 Å². The van der Waals surface area contributed by atoms with E-state index in [2.05, 4.69) is 12.2 Å². The van der Waals surface area contributed by atoms with Gasteiger partial charge in [-0.05, 0) is 52.4 Å². The fourth-order valence-corrected chi connectivity index (χ4v) is 3.35. The predicted molar refractivity (Wildman–Crippen MR) is 87.0 cm³/mol. The summed E-state index contributed by atoms with van der Waals surface area (Å²) in [6.45, 7) is 8.23. The molecule has 0 aromatic heterocycles. The predicted octanol–water partition coefficient (Wildman–Crippen LogP) is 2.79. The zero-order valence-corrected chi connectivity index (χ0v) is 14.2. The Balaban J connectivity index is 1.66. The Hall–Kier alpha value is -0.810. The van der Waals surface area contributed by atoms with E-state index in [1.807, 2.05) is 11.8 Å². The third-order valence-corrected chi connectivity index (χ3v) is 4.68. The summed E-state index contributed by atoms with van der Waals surface area (Å²) in [6.07, 6.45) is 7.05. The second-order valence-corrected chi connectivity index (χ2v) is 6.68. The van der Waals surface area contributed by atoms with Gasteiger partial charge in [-0.15, -0.1) is 0 Å². The van der Waals surface area contributed by atoms with E-state index in [0.29, 0.717) is 12.0 Å². The molecular weight excluding hydrogens is 280 g/mol. The van der Waals surface area contributed by atoms with E-state index in [4.69, 9.17) is 9.47 Å². The molecule has 0 aromatic carbocycles. The summed E-state index contributed by atoms with van der Waals surface area (Å²) in [5.74, 6) is 0.488. The Morgan fingerprint density at radius 2 is 2.27 bits per heavy atom. The van der Waals surface area contributed by atoms with Crippen molar-refractivity contribution in [2.75, 3.05) is 32.9 Å². The standard InChI is InChI=1S/C17H32N2O3/c1-3-21-13-15-6-4-10-19(12-15)17(20)18-14(2)8-9-16-7-5-11-22-16/h14-16H,3-13H2,1-2H3,(H,18,20)/t14-,15-,16+/m1/s1. The third-order valence-electron chi connectivity index (χ3n) is 4.68. The Morgan fingerprint density at radius 1 is 1.41 bits per heavy atom. The van der Waals surface area contributed by atoms with Gasteiger partial charge in [-0.3, -0.25) is 0 Å². The van der Waals surface area contributed by atoms with Crippen molar-refractivity contribution in [2.45, 2.75) is 64.5 Å². The molecular formula is C17H32N2O3. The van der Waals surface area contributed by atoms with Crippen LogP contribution in [0, 0.1) is 5.92 Å². The fraction of sp³-hybridized carbons (Fsp3) is 0.941. The number of nitrogens with zero attached hydrogens (tertiary/aromatic N) is 1. The van der Waals surface area contributed by atoms with Gasteiger partial charge < -0.3 is 19.7 Å². The summed E-state index contributed by atoms with van der Waals surface area (Å²) >= 11 is 0. The van der Waals surface area contributed by atoms with Crippen LogP contribution in [0.4, 0.5) is 4.79 Å². The number of rotatable bonds is 7. The van der Waals surface area contributed by atoms with Crippen molar-refractivity contribution in [1.29, 1.82) is 0 Å². The van der Waals surface area contributed by atoms with Gasteiger partial charge in [0.2, 0.25) is 0 Å². The smallest absolute Gasteiger partial charge is 0.317 e. The molecule has 2 amide bonds. The molecule has 0 radical (unpaired) electrons. The van der Waals surface area contributed by atoms with E-state index >= 15 is 0 Å². The molecule has 5 nitrogen and oxygen atoms in total. The van der Waals surface area contributed by atoms with Crippen LogP contribution in [0.15, 0.2) is 0 Å². The molecule has 0 unspecified atom stereocenters. The van der Waals surface area contributed by atoms with Gasteiger partial charge in [0, 0.05) is 38.3 Å². The van der Waals surface area contributed by atoms with Crippen molar-refractivity contribution in [1.82, 2.24) is 10.2 Å². The van der Waals surface area contributed by atoms with Gasteiger partial charge in [0.05, 0.1) is 12.7 Å². The topological polar surface area (TPSA) is 50.8 Å². The van der Waals surface area contributed by atoms with Crippen molar-refractivity contribution in [3.63, 3.8) is 0 Å². The van der Waals surface area contributed by atoms with Crippen molar-refractivity contribution in [3.8, 4) is 0 Å². The Morgan fingerprint density at radius 3 is 3.00 bits per heavy atom. The summed E-state index contributed by atoms with van der Waals surface area (Å²) in [5, 5.41) is 3.14. The minimum atomic E-state index is 0.0843. The third kappa shape index (κ3) is 5.76. The number of carbonyl (C=O) groups is 1. The first-order chi connectivity index (χ1) is 10.7. The van der Waals surface area contributed by atoms with Crippen molar-refractivity contribution >= 4 is 6.03 Å².